The van der Waals surface area contributed by atoms with E-state index in [2.05, 4.69) is 20.0 Å². The number of rotatable bonds is 4. The van der Waals surface area contributed by atoms with Crippen LogP contribution >= 0.6 is 0 Å². The average Bonchev–Trinajstić information content (AvgIpc) is 3.06. The van der Waals surface area contributed by atoms with Gasteiger partial charge in [0.25, 0.3) is 0 Å². The molecule has 2 heterocycles. The van der Waals surface area contributed by atoms with Gasteiger partial charge in [-0.3, -0.25) is 19.1 Å². The van der Waals surface area contributed by atoms with Crippen LogP contribution in [0, 0.1) is 13.8 Å². The maximum absolute atomic E-state index is 4.53. The van der Waals surface area contributed by atoms with Crippen molar-refractivity contribution in [2.45, 2.75) is 34.1 Å². The number of imidazole rings is 2. The molecule has 0 radical (unpaired) electrons. The molecule has 2 aromatic rings. The minimum atomic E-state index is 0.767. The van der Waals surface area contributed by atoms with Gasteiger partial charge in [0.2, 0.25) is 0 Å². The third-order valence-corrected chi connectivity index (χ3v) is 3.17. The molecule has 0 aromatic carbocycles. The smallest absolute Gasteiger partial charge is 0.105 e. The second-order valence-corrected chi connectivity index (χ2v) is 5.06. The zero-order valence-corrected chi connectivity index (χ0v) is 13.1. The Morgan fingerprint density at radius 1 is 0.905 bits per heavy atom. The van der Waals surface area contributed by atoms with Crippen molar-refractivity contribution in [1.82, 2.24) is 19.1 Å². The summed E-state index contributed by atoms with van der Waals surface area (Å²) < 4.78 is 3.89. The van der Waals surface area contributed by atoms with E-state index in [1.54, 1.807) is 12.7 Å². The van der Waals surface area contributed by atoms with Gasteiger partial charge in [-0.2, -0.15) is 0 Å². The van der Waals surface area contributed by atoms with Gasteiger partial charge >= 0.3 is 0 Å². The van der Waals surface area contributed by atoms with E-state index in [4.69, 9.17) is 0 Å². The second kappa shape index (κ2) is 6.97. The van der Waals surface area contributed by atoms with Crippen LogP contribution in [0.5, 0.6) is 0 Å². The zero-order valence-electron chi connectivity index (χ0n) is 13.1. The lowest BCUT2D eigenvalue weighted by atomic mass is 10.4. The van der Waals surface area contributed by atoms with Crippen LogP contribution in [0.2, 0.25) is 0 Å². The summed E-state index contributed by atoms with van der Waals surface area (Å²) in [6.45, 7) is 9.46. The first-order valence-corrected chi connectivity index (χ1v) is 7.10. The average molecular weight is 286 g/mol. The van der Waals surface area contributed by atoms with Crippen LogP contribution in [0.15, 0.2) is 35.0 Å². The Hall–Kier alpha value is -2.24. The van der Waals surface area contributed by atoms with E-state index in [-0.39, 0.29) is 0 Å². The fraction of sp³-hybridized carbons (Fsp3) is 0.467. The maximum atomic E-state index is 4.53. The first-order chi connectivity index (χ1) is 10.1. The topological polar surface area (TPSA) is 60.4 Å². The van der Waals surface area contributed by atoms with Crippen LogP contribution in [0.4, 0.5) is 0 Å². The molecule has 21 heavy (non-hydrogen) atoms. The van der Waals surface area contributed by atoms with Crippen LogP contribution in [0.1, 0.15) is 31.7 Å². The van der Waals surface area contributed by atoms with E-state index in [0.29, 0.717) is 0 Å². The molecule has 0 aliphatic heterocycles. The van der Waals surface area contributed by atoms with Gasteiger partial charge < -0.3 is 0 Å². The lowest BCUT2D eigenvalue weighted by molar-refractivity contribution is 0.832. The Morgan fingerprint density at radius 2 is 1.33 bits per heavy atom. The van der Waals surface area contributed by atoms with Crippen molar-refractivity contribution >= 4 is 11.7 Å². The van der Waals surface area contributed by atoms with Gasteiger partial charge in [-0.1, -0.05) is 0 Å². The molecule has 0 fully saturated rings. The van der Waals surface area contributed by atoms with E-state index in [0.717, 1.165) is 42.6 Å². The molecule has 6 nitrogen and oxygen atoms in total. The highest BCUT2D eigenvalue weighted by molar-refractivity contribution is 5.82. The number of aromatic nitrogens is 4. The number of hydrogen-bond donors (Lipinski definition) is 0. The van der Waals surface area contributed by atoms with Crippen LogP contribution in [-0.4, -0.2) is 43.9 Å². The minimum absolute atomic E-state index is 0.767. The SMILES string of the molecule is CC(=NCCCN=C(C)n1cnc(C)c1)n1cnc(C)c1. The van der Waals surface area contributed by atoms with E-state index < -0.39 is 0 Å². The Kier molecular flexibility index (Phi) is 5.03. The van der Waals surface area contributed by atoms with Gasteiger partial charge in [-0.15, -0.1) is 0 Å². The molecule has 0 unspecified atom stereocenters. The third-order valence-electron chi connectivity index (χ3n) is 3.17. The summed E-state index contributed by atoms with van der Waals surface area (Å²) in [5.41, 5.74) is 2.00. The van der Waals surface area contributed by atoms with Gasteiger partial charge in [0.05, 0.1) is 11.4 Å². The minimum Gasteiger partial charge on any atom is -0.294 e. The van der Waals surface area contributed by atoms with E-state index >= 15 is 0 Å². The lowest BCUT2D eigenvalue weighted by Crippen LogP contribution is -2.07. The molecule has 0 bridgehead atoms. The molecule has 0 saturated heterocycles. The predicted octanol–water partition coefficient (Wildman–Crippen LogP) is 2.32. The monoisotopic (exact) mass is 286 g/mol. The quantitative estimate of drug-likeness (QED) is 0.492. The first kappa shape index (κ1) is 15.2. The number of hydrogen-bond acceptors (Lipinski definition) is 4. The van der Waals surface area contributed by atoms with Gasteiger partial charge in [-0.25, -0.2) is 9.97 Å². The molecule has 6 heteroatoms. The van der Waals surface area contributed by atoms with E-state index in [1.807, 2.05) is 49.2 Å². The van der Waals surface area contributed by atoms with Crippen molar-refractivity contribution in [3.05, 3.63) is 36.4 Å². The molecule has 0 aliphatic carbocycles. The Morgan fingerprint density at radius 3 is 1.67 bits per heavy atom. The summed E-state index contributed by atoms with van der Waals surface area (Å²) in [5, 5.41) is 0. The van der Waals surface area contributed by atoms with Crippen molar-refractivity contribution in [3.63, 3.8) is 0 Å². The predicted molar refractivity (Wildman–Crippen MR) is 85.3 cm³/mol. The van der Waals surface area contributed by atoms with Crippen LogP contribution < -0.4 is 0 Å². The largest absolute Gasteiger partial charge is 0.294 e. The molecule has 2 rings (SSSR count). The highest BCUT2D eigenvalue weighted by Crippen LogP contribution is 1.97. The summed E-state index contributed by atoms with van der Waals surface area (Å²) in [6.07, 6.45) is 8.46. The summed E-state index contributed by atoms with van der Waals surface area (Å²) in [4.78, 5) is 17.5. The fourth-order valence-electron chi connectivity index (χ4n) is 1.91. The molecular formula is C15H22N6. The van der Waals surface area contributed by atoms with Gasteiger partial charge in [0, 0.05) is 25.5 Å². The highest BCUT2D eigenvalue weighted by atomic mass is 15.1. The number of aliphatic imine (C=N–C) groups is 2. The summed E-state index contributed by atoms with van der Waals surface area (Å²) in [7, 11) is 0. The summed E-state index contributed by atoms with van der Waals surface area (Å²) >= 11 is 0. The highest BCUT2D eigenvalue weighted by Gasteiger charge is 1.98. The molecule has 0 atom stereocenters. The number of aryl methyl sites for hydroxylation is 2. The van der Waals surface area contributed by atoms with E-state index in [9.17, 15) is 0 Å². The first-order valence-electron chi connectivity index (χ1n) is 7.10. The van der Waals surface area contributed by atoms with E-state index in [1.165, 1.54) is 0 Å². The maximum Gasteiger partial charge on any atom is 0.105 e. The number of nitrogens with zero attached hydrogens (tertiary/aromatic N) is 6. The van der Waals surface area contributed by atoms with Crippen molar-refractivity contribution in [3.8, 4) is 0 Å². The molecule has 112 valence electrons. The van der Waals surface area contributed by atoms with Crippen molar-refractivity contribution in [2.75, 3.05) is 13.1 Å². The normalized spacial score (nSPS) is 13.0. The second-order valence-electron chi connectivity index (χ2n) is 5.06. The molecular weight excluding hydrogens is 264 g/mol. The third kappa shape index (κ3) is 4.37. The zero-order chi connectivity index (χ0) is 15.2. The van der Waals surface area contributed by atoms with Gasteiger partial charge in [-0.05, 0) is 34.1 Å². The van der Waals surface area contributed by atoms with Gasteiger partial charge in [0.15, 0.2) is 0 Å². The van der Waals surface area contributed by atoms with Crippen LogP contribution in [-0.2, 0) is 0 Å². The van der Waals surface area contributed by atoms with Crippen molar-refractivity contribution in [2.24, 2.45) is 9.98 Å². The Labute approximate surface area is 125 Å². The van der Waals surface area contributed by atoms with Crippen LogP contribution in [0.25, 0.3) is 0 Å². The summed E-state index contributed by atoms with van der Waals surface area (Å²) in [6, 6.07) is 0. The lowest BCUT2D eigenvalue weighted by Gasteiger charge is -2.02. The van der Waals surface area contributed by atoms with Gasteiger partial charge in [0.1, 0.15) is 24.3 Å². The Bertz CT molecular complexity index is 590. The molecule has 0 amide bonds. The Balaban J connectivity index is 1.79. The molecule has 0 saturated carbocycles. The molecule has 0 aliphatic rings. The standard InChI is InChI=1S/C15H22N6/c1-12-8-20(10-18-12)14(3)16-6-5-7-17-15(4)21-9-13(2)19-11-21/h8-11H,5-7H2,1-4H3. The van der Waals surface area contributed by atoms with Crippen molar-refractivity contribution < 1.29 is 0 Å². The summed E-state index contributed by atoms with van der Waals surface area (Å²) in [5.74, 6) is 1.92. The molecule has 0 N–H and O–H groups in total. The van der Waals surface area contributed by atoms with Crippen molar-refractivity contribution in [1.29, 1.82) is 0 Å². The van der Waals surface area contributed by atoms with Crippen LogP contribution in [0.3, 0.4) is 0 Å². The fourth-order valence-corrected chi connectivity index (χ4v) is 1.91. The molecule has 2 aromatic heterocycles. The molecule has 0 spiro atoms.